The van der Waals surface area contributed by atoms with Gasteiger partial charge in [0.1, 0.15) is 0 Å². The summed E-state index contributed by atoms with van der Waals surface area (Å²) in [4.78, 5) is 12.1. The van der Waals surface area contributed by atoms with E-state index in [0.29, 0.717) is 18.9 Å². The zero-order valence-electron chi connectivity index (χ0n) is 11.2. The minimum Gasteiger partial charge on any atom is -0.392 e. The molecule has 0 unspecified atom stereocenters. The topological polar surface area (TPSA) is 74.0 Å². The zero-order chi connectivity index (χ0) is 13.0. The molecule has 1 heterocycles. The summed E-state index contributed by atoms with van der Waals surface area (Å²) in [6.07, 6.45) is 7.99. The van der Waals surface area contributed by atoms with Gasteiger partial charge in [0.15, 0.2) is 0 Å². The SMILES string of the molecule is NCCc1nn(C23CC4CC(CC(C4)C2)C3)c(=O)o1. The van der Waals surface area contributed by atoms with Crippen LogP contribution in [0.25, 0.3) is 0 Å². The molecule has 5 rings (SSSR count). The largest absolute Gasteiger partial charge is 0.437 e. The van der Waals surface area contributed by atoms with Gasteiger partial charge in [-0.15, -0.1) is 5.10 Å². The zero-order valence-corrected chi connectivity index (χ0v) is 11.2. The van der Waals surface area contributed by atoms with E-state index in [4.69, 9.17) is 10.2 Å². The molecule has 0 atom stereocenters. The van der Waals surface area contributed by atoms with Crippen LogP contribution >= 0.6 is 0 Å². The summed E-state index contributed by atoms with van der Waals surface area (Å²) >= 11 is 0. The molecule has 5 heteroatoms. The van der Waals surface area contributed by atoms with E-state index in [-0.39, 0.29) is 11.3 Å². The van der Waals surface area contributed by atoms with Crippen LogP contribution in [0.15, 0.2) is 9.21 Å². The van der Waals surface area contributed by atoms with Crippen molar-refractivity contribution in [1.29, 1.82) is 0 Å². The maximum absolute atomic E-state index is 12.1. The summed E-state index contributed by atoms with van der Waals surface area (Å²) in [5, 5.41) is 4.45. The van der Waals surface area contributed by atoms with Crippen LogP contribution in [0.2, 0.25) is 0 Å². The van der Waals surface area contributed by atoms with E-state index >= 15 is 0 Å². The fourth-order valence-electron chi connectivity index (χ4n) is 5.17. The molecule has 0 radical (unpaired) electrons. The van der Waals surface area contributed by atoms with Crippen LogP contribution in [-0.4, -0.2) is 16.3 Å². The molecule has 4 saturated carbocycles. The smallest absolute Gasteiger partial charge is 0.392 e. The molecule has 1 aromatic heterocycles. The fraction of sp³-hybridized carbons (Fsp3) is 0.857. The van der Waals surface area contributed by atoms with E-state index in [1.165, 1.54) is 19.3 Å². The van der Waals surface area contributed by atoms with E-state index in [1.807, 2.05) is 0 Å². The highest BCUT2D eigenvalue weighted by Crippen LogP contribution is 2.58. The van der Waals surface area contributed by atoms with Gasteiger partial charge in [-0.2, -0.15) is 4.68 Å². The Morgan fingerprint density at radius 2 is 1.79 bits per heavy atom. The number of nitrogens with two attached hydrogens (primary N) is 1. The lowest BCUT2D eigenvalue weighted by Gasteiger charge is -2.55. The first-order valence-electron chi connectivity index (χ1n) is 7.48. The molecular formula is C14H21N3O2. The maximum atomic E-state index is 12.1. The minimum atomic E-state index is -0.273. The highest BCUT2D eigenvalue weighted by molar-refractivity contribution is 5.04. The molecule has 0 saturated heterocycles. The number of hydrogen-bond donors (Lipinski definition) is 1. The van der Waals surface area contributed by atoms with Crippen molar-refractivity contribution in [1.82, 2.24) is 9.78 Å². The van der Waals surface area contributed by atoms with Crippen LogP contribution in [0, 0.1) is 17.8 Å². The lowest BCUT2D eigenvalue weighted by Crippen LogP contribution is -2.54. The lowest BCUT2D eigenvalue weighted by atomic mass is 9.53. The highest BCUT2D eigenvalue weighted by Gasteiger charge is 2.53. The molecule has 2 N–H and O–H groups in total. The third kappa shape index (κ3) is 1.71. The Bertz CT molecular complexity index is 510. The van der Waals surface area contributed by atoms with Crippen LogP contribution in [-0.2, 0) is 12.0 Å². The summed E-state index contributed by atoms with van der Waals surface area (Å²) in [7, 11) is 0. The predicted octanol–water partition coefficient (Wildman–Crippen LogP) is 1.26. The Balaban J connectivity index is 1.73. The first-order chi connectivity index (χ1) is 9.18. The van der Waals surface area contributed by atoms with Gasteiger partial charge in [0.2, 0.25) is 5.89 Å². The van der Waals surface area contributed by atoms with Crippen LogP contribution < -0.4 is 11.5 Å². The van der Waals surface area contributed by atoms with E-state index in [2.05, 4.69) is 5.10 Å². The highest BCUT2D eigenvalue weighted by atomic mass is 16.4. The summed E-state index contributed by atoms with van der Waals surface area (Å²) in [5.74, 6) is 2.63. The van der Waals surface area contributed by atoms with Crippen molar-refractivity contribution in [3.63, 3.8) is 0 Å². The molecule has 1 aromatic rings. The second kappa shape index (κ2) is 3.95. The van der Waals surface area contributed by atoms with Gasteiger partial charge in [-0.3, -0.25) is 0 Å². The van der Waals surface area contributed by atoms with Crippen molar-refractivity contribution in [3.8, 4) is 0 Å². The Kier molecular flexibility index (Phi) is 2.43. The van der Waals surface area contributed by atoms with E-state index in [9.17, 15) is 4.79 Å². The van der Waals surface area contributed by atoms with Crippen molar-refractivity contribution in [2.75, 3.05) is 6.54 Å². The van der Waals surface area contributed by atoms with E-state index in [0.717, 1.165) is 37.0 Å². The van der Waals surface area contributed by atoms with Crippen LogP contribution in [0.5, 0.6) is 0 Å². The minimum absolute atomic E-state index is 0.0395. The average molecular weight is 263 g/mol. The Morgan fingerprint density at radius 3 is 2.32 bits per heavy atom. The van der Waals surface area contributed by atoms with Gasteiger partial charge in [0.05, 0.1) is 5.54 Å². The van der Waals surface area contributed by atoms with Crippen molar-refractivity contribution in [3.05, 3.63) is 16.4 Å². The summed E-state index contributed by atoms with van der Waals surface area (Å²) in [6, 6.07) is 0. The van der Waals surface area contributed by atoms with Gasteiger partial charge in [-0.1, -0.05) is 0 Å². The molecule has 19 heavy (non-hydrogen) atoms. The molecule has 4 fully saturated rings. The Morgan fingerprint density at radius 1 is 1.21 bits per heavy atom. The standard InChI is InChI=1S/C14H21N3O2/c15-2-1-12-16-17(13(18)19-12)14-6-9-3-10(7-14)5-11(4-9)8-14/h9-11H,1-8,15H2. The number of hydrogen-bond acceptors (Lipinski definition) is 4. The van der Waals surface area contributed by atoms with Gasteiger partial charge in [0, 0.05) is 13.0 Å². The van der Waals surface area contributed by atoms with Crippen molar-refractivity contribution >= 4 is 0 Å². The first kappa shape index (κ1) is 11.7. The number of nitrogens with zero attached hydrogens (tertiary/aromatic N) is 2. The Labute approximate surface area is 112 Å². The van der Waals surface area contributed by atoms with Gasteiger partial charge < -0.3 is 10.2 Å². The molecule has 5 nitrogen and oxygen atoms in total. The molecule has 0 aliphatic heterocycles. The third-order valence-electron chi connectivity index (χ3n) is 5.40. The monoisotopic (exact) mass is 263 g/mol. The van der Waals surface area contributed by atoms with Gasteiger partial charge in [-0.05, 0) is 56.3 Å². The molecule has 0 amide bonds. The molecule has 0 aromatic carbocycles. The lowest BCUT2D eigenvalue weighted by molar-refractivity contribution is -0.0524. The van der Waals surface area contributed by atoms with Crippen molar-refractivity contribution < 1.29 is 4.42 Å². The summed E-state index contributed by atoms with van der Waals surface area (Å²) in [6.45, 7) is 0.473. The van der Waals surface area contributed by atoms with Gasteiger partial charge in [0.25, 0.3) is 0 Å². The predicted molar refractivity (Wildman–Crippen MR) is 69.7 cm³/mol. The van der Waals surface area contributed by atoms with Crippen molar-refractivity contribution in [2.24, 2.45) is 23.5 Å². The molecule has 4 aliphatic carbocycles. The van der Waals surface area contributed by atoms with E-state index in [1.54, 1.807) is 4.68 Å². The average Bonchev–Trinajstić information content (AvgIpc) is 2.70. The third-order valence-corrected chi connectivity index (χ3v) is 5.40. The van der Waals surface area contributed by atoms with E-state index < -0.39 is 0 Å². The maximum Gasteiger partial charge on any atom is 0.437 e. The number of aromatic nitrogens is 2. The summed E-state index contributed by atoms with van der Waals surface area (Å²) in [5.41, 5.74) is 5.48. The summed E-state index contributed by atoms with van der Waals surface area (Å²) < 4.78 is 6.94. The normalized spacial score (nSPS) is 39.9. The molecule has 0 spiro atoms. The van der Waals surface area contributed by atoms with Gasteiger partial charge in [-0.25, -0.2) is 4.79 Å². The molecule has 4 aliphatic rings. The quantitative estimate of drug-likeness (QED) is 0.891. The fourth-order valence-corrected chi connectivity index (χ4v) is 5.17. The van der Waals surface area contributed by atoms with Crippen LogP contribution in [0.4, 0.5) is 0 Å². The van der Waals surface area contributed by atoms with Gasteiger partial charge >= 0.3 is 5.76 Å². The molecule has 104 valence electrons. The van der Waals surface area contributed by atoms with Crippen LogP contribution in [0.3, 0.4) is 0 Å². The first-order valence-corrected chi connectivity index (χ1v) is 7.48. The Hall–Kier alpha value is -1.10. The van der Waals surface area contributed by atoms with Crippen molar-refractivity contribution in [2.45, 2.75) is 50.5 Å². The second-order valence-corrected chi connectivity index (χ2v) is 6.85. The molecule has 4 bridgehead atoms. The number of rotatable bonds is 3. The molecular weight excluding hydrogens is 242 g/mol. The second-order valence-electron chi connectivity index (χ2n) is 6.85. The van der Waals surface area contributed by atoms with Crippen LogP contribution in [0.1, 0.15) is 44.4 Å².